The van der Waals surface area contributed by atoms with Crippen LogP contribution in [0.5, 0.6) is 0 Å². The van der Waals surface area contributed by atoms with E-state index in [2.05, 4.69) is 5.32 Å². The summed E-state index contributed by atoms with van der Waals surface area (Å²) in [5, 5.41) is 13.6. The van der Waals surface area contributed by atoms with Crippen LogP contribution in [-0.2, 0) is 17.8 Å². The highest BCUT2D eigenvalue weighted by atomic mass is 16.6. The van der Waals surface area contributed by atoms with E-state index >= 15 is 0 Å². The summed E-state index contributed by atoms with van der Waals surface area (Å²) in [4.78, 5) is 36.8. The van der Waals surface area contributed by atoms with Crippen molar-refractivity contribution in [2.24, 2.45) is 5.92 Å². The maximum Gasteiger partial charge on any atom is 0.270 e. The molecule has 0 saturated heterocycles. The van der Waals surface area contributed by atoms with Gasteiger partial charge in [0.2, 0.25) is 5.91 Å². The lowest BCUT2D eigenvalue weighted by molar-refractivity contribution is -0.384. The van der Waals surface area contributed by atoms with Crippen molar-refractivity contribution in [2.75, 3.05) is 11.9 Å². The fourth-order valence-corrected chi connectivity index (χ4v) is 3.15. The molecule has 0 spiro atoms. The molecule has 0 bridgehead atoms. The lowest BCUT2D eigenvalue weighted by Gasteiger charge is -2.30. The normalized spacial score (nSPS) is 13.2. The van der Waals surface area contributed by atoms with E-state index in [9.17, 15) is 19.7 Å². The fourth-order valence-electron chi connectivity index (χ4n) is 3.15. The molecule has 0 saturated carbocycles. The third-order valence-electron chi connectivity index (χ3n) is 4.60. The van der Waals surface area contributed by atoms with Crippen LogP contribution in [0.1, 0.15) is 35.3 Å². The molecule has 0 aromatic heterocycles. The van der Waals surface area contributed by atoms with E-state index in [-0.39, 0.29) is 23.1 Å². The van der Waals surface area contributed by atoms with Gasteiger partial charge in [-0.15, -0.1) is 0 Å². The van der Waals surface area contributed by atoms with Crippen molar-refractivity contribution in [3.63, 3.8) is 0 Å². The standard InChI is InChI=1S/C20H21N3O4/c1-13(2)20(25)22-9-8-14-6-7-17(10-16(14)12-22)21-19(24)15-4-3-5-18(11-15)23(26)27/h3-7,10-11,13H,8-9,12H2,1-2H3,(H,21,24). The van der Waals surface area contributed by atoms with E-state index < -0.39 is 10.8 Å². The summed E-state index contributed by atoms with van der Waals surface area (Å²) in [5.41, 5.74) is 2.86. The van der Waals surface area contributed by atoms with Crippen LogP contribution in [0.2, 0.25) is 0 Å². The second kappa shape index (κ2) is 7.57. The number of benzene rings is 2. The topological polar surface area (TPSA) is 92.6 Å². The monoisotopic (exact) mass is 367 g/mol. The highest BCUT2D eigenvalue weighted by molar-refractivity contribution is 6.04. The number of hydrogen-bond acceptors (Lipinski definition) is 4. The van der Waals surface area contributed by atoms with Gasteiger partial charge in [0.25, 0.3) is 11.6 Å². The molecule has 0 fully saturated rings. The number of carbonyl (C=O) groups excluding carboxylic acids is 2. The van der Waals surface area contributed by atoms with Crippen LogP contribution in [0, 0.1) is 16.0 Å². The Balaban J connectivity index is 1.76. The van der Waals surface area contributed by atoms with Gasteiger partial charge in [0.15, 0.2) is 0 Å². The van der Waals surface area contributed by atoms with Crippen LogP contribution < -0.4 is 5.32 Å². The molecule has 7 nitrogen and oxygen atoms in total. The van der Waals surface area contributed by atoms with E-state index in [1.54, 1.807) is 0 Å². The van der Waals surface area contributed by atoms with Crippen molar-refractivity contribution in [3.05, 3.63) is 69.3 Å². The largest absolute Gasteiger partial charge is 0.338 e. The van der Waals surface area contributed by atoms with Crippen molar-refractivity contribution in [2.45, 2.75) is 26.8 Å². The molecule has 2 amide bonds. The van der Waals surface area contributed by atoms with Crippen LogP contribution in [0.3, 0.4) is 0 Å². The van der Waals surface area contributed by atoms with Crippen LogP contribution in [0.4, 0.5) is 11.4 Å². The molecule has 1 heterocycles. The van der Waals surface area contributed by atoms with E-state index in [1.165, 1.54) is 24.3 Å². The van der Waals surface area contributed by atoms with Gasteiger partial charge in [0.1, 0.15) is 0 Å². The zero-order chi connectivity index (χ0) is 19.6. The quantitative estimate of drug-likeness (QED) is 0.662. The molecule has 2 aromatic rings. The lowest BCUT2D eigenvalue weighted by Crippen LogP contribution is -2.38. The van der Waals surface area contributed by atoms with Gasteiger partial charge in [-0.2, -0.15) is 0 Å². The van der Waals surface area contributed by atoms with Crippen LogP contribution in [0.25, 0.3) is 0 Å². The zero-order valence-electron chi connectivity index (χ0n) is 15.3. The van der Waals surface area contributed by atoms with Crippen molar-refractivity contribution < 1.29 is 14.5 Å². The Morgan fingerprint density at radius 1 is 1.15 bits per heavy atom. The number of nitro benzene ring substituents is 1. The number of nitrogens with zero attached hydrogens (tertiary/aromatic N) is 2. The summed E-state index contributed by atoms with van der Waals surface area (Å²) < 4.78 is 0. The second-order valence-electron chi connectivity index (χ2n) is 6.91. The molecule has 1 aliphatic heterocycles. The Bertz CT molecular complexity index is 908. The Hall–Kier alpha value is -3.22. The predicted octanol–water partition coefficient (Wildman–Crippen LogP) is 3.39. The maximum atomic E-state index is 12.4. The van der Waals surface area contributed by atoms with Gasteiger partial charge in [-0.1, -0.05) is 26.0 Å². The molecule has 0 radical (unpaired) electrons. The number of rotatable bonds is 4. The number of non-ortho nitro benzene ring substituents is 1. The van der Waals surface area contributed by atoms with Gasteiger partial charge in [-0.3, -0.25) is 19.7 Å². The zero-order valence-corrected chi connectivity index (χ0v) is 15.3. The third-order valence-corrected chi connectivity index (χ3v) is 4.60. The van der Waals surface area contributed by atoms with Gasteiger partial charge in [0.05, 0.1) is 4.92 Å². The van der Waals surface area contributed by atoms with Crippen molar-refractivity contribution in [3.8, 4) is 0 Å². The smallest absolute Gasteiger partial charge is 0.270 e. The number of amides is 2. The Labute approximate surface area is 157 Å². The van der Waals surface area contributed by atoms with Crippen molar-refractivity contribution >= 4 is 23.2 Å². The average Bonchev–Trinajstić information content (AvgIpc) is 2.66. The number of anilines is 1. The Morgan fingerprint density at radius 3 is 2.63 bits per heavy atom. The van der Waals surface area contributed by atoms with Gasteiger partial charge in [0, 0.05) is 42.4 Å². The molecule has 0 unspecified atom stereocenters. The molecule has 2 aromatic carbocycles. The minimum absolute atomic E-state index is 0.0525. The maximum absolute atomic E-state index is 12.4. The van der Waals surface area contributed by atoms with Crippen LogP contribution in [-0.4, -0.2) is 28.2 Å². The second-order valence-corrected chi connectivity index (χ2v) is 6.91. The van der Waals surface area contributed by atoms with Gasteiger partial charge in [-0.25, -0.2) is 0 Å². The summed E-state index contributed by atoms with van der Waals surface area (Å²) in [6.07, 6.45) is 0.785. The highest BCUT2D eigenvalue weighted by Crippen LogP contribution is 2.24. The SMILES string of the molecule is CC(C)C(=O)N1CCc2ccc(NC(=O)c3cccc([N+](=O)[O-])c3)cc2C1. The number of nitrogens with one attached hydrogen (secondary N) is 1. The fraction of sp³-hybridized carbons (Fsp3) is 0.300. The van der Waals surface area contributed by atoms with E-state index in [0.717, 1.165) is 17.5 Å². The van der Waals surface area contributed by atoms with Crippen LogP contribution >= 0.6 is 0 Å². The molecule has 7 heteroatoms. The summed E-state index contributed by atoms with van der Waals surface area (Å²) >= 11 is 0. The number of nitro groups is 1. The molecule has 3 rings (SSSR count). The van der Waals surface area contributed by atoms with E-state index in [4.69, 9.17) is 0 Å². The molecular formula is C20H21N3O4. The van der Waals surface area contributed by atoms with E-state index in [0.29, 0.717) is 18.8 Å². The Kier molecular flexibility index (Phi) is 5.21. The van der Waals surface area contributed by atoms with Crippen molar-refractivity contribution in [1.82, 2.24) is 4.90 Å². The third kappa shape index (κ3) is 4.13. The van der Waals surface area contributed by atoms with Gasteiger partial charge >= 0.3 is 0 Å². The first-order chi connectivity index (χ1) is 12.8. The van der Waals surface area contributed by atoms with Crippen molar-refractivity contribution in [1.29, 1.82) is 0 Å². The Morgan fingerprint density at radius 2 is 1.93 bits per heavy atom. The molecule has 0 atom stereocenters. The first kappa shape index (κ1) is 18.6. The minimum atomic E-state index is -0.532. The highest BCUT2D eigenvalue weighted by Gasteiger charge is 2.23. The predicted molar refractivity (Wildman–Crippen MR) is 101 cm³/mol. The van der Waals surface area contributed by atoms with Gasteiger partial charge in [-0.05, 0) is 35.7 Å². The summed E-state index contributed by atoms with van der Waals surface area (Å²) in [5.74, 6) is -0.348. The minimum Gasteiger partial charge on any atom is -0.338 e. The number of fused-ring (bicyclic) bond motifs is 1. The molecular weight excluding hydrogens is 346 g/mol. The molecule has 0 aliphatic carbocycles. The first-order valence-corrected chi connectivity index (χ1v) is 8.81. The van der Waals surface area contributed by atoms with E-state index in [1.807, 2.05) is 36.9 Å². The molecule has 1 aliphatic rings. The summed E-state index contributed by atoms with van der Waals surface area (Å²) in [6.45, 7) is 4.98. The summed E-state index contributed by atoms with van der Waals surface area (Å²) in [7, 11) is 0. The lowest BCUT2D eigenvalue weighted by atomic mass is 9.98. The number of carbonyl (C=O) groups is 2. The van der Waals surface area contributed by atoms with Crippen LogP contribution in [0.15, 0.2) is 42.5 Å². The number of hydrogen-bond donors (Lipinski definition) is 1. The summed E-state index contributed by atoms with van der Waals surface area (Å²) in [6, 6.07) is 11.2. The molecule has 140 valence electrons. The van der Waals surface area contributed by atoms with Gasteiger partial charge < -0.3 is 10.2 Å². The average molecular weight is 367 g/mol. The first-order valence-electron chi connectivity index (χ1n) is 8.81. The molecule has 1 N–H and O–H groups in total. The molecule has 27 heavy (non-hydrogen) atoms.